The van der Waals surface area contributed by atoms with Gasteiger partial charge in [0.1, 0.15) is 5.82 Å². The number of aromatic nitrogens is 2. The zero-order valence-corrected chi connectivity index (χ0v) is 14.2. The van der Waals surface area contributed by atoms with Crippen molar-refractivity contribution in [3.63, 3.8) is 0 Å². The average Bonchev–Trinajstić information content (AvgIpc) is 3.12. The number of nitrogens with one attached hydrogen (secondary N) is 2. The maximum absolute atomic E-state index is 13.3. The van der Waals surface area contributed by atoms with E-state index in [0.717, 1.165) is 0 Å². The van der Waals surface area contributed by atoms with Crippen LogP contribution in [0.2, 0.25) is 0 Å². The number of methoxy groups -OCH3 is 1. The van der Waals surface area contributed by atoms with Crippen LogP contribution < -0.4 is 15.4 Å². The van der Waals surface area contributed by atoms with Gasteiger partial charge in [0.25, 0.3) is 5.91 Å². The summed E-state index contributed by atoms with van der Waals surface area (Å²) in [6.07, 6.45) is 3.14. The number of nitrogens with zero attached hydrogens (tertiary/aromatic N) is 2. The highest BCUT2D eigenvalue weighted by molar-refractivity contribution is 6.07. The third-order valence-electron chi connectivity index (χ3n) is 4.61. The fraction of sp³-hybridized carbons (Fsp3) is 0.167. The molecule has 3 heterocycles. The summed E-state index contributed by atoms with van der Waals surface area (Å²) in [4.78, 5) is 28.5. The van der Waals surface area contributed by atoms with Gasteiger partial charge >= 0.3 is 6.03 Å². The van der Waals surface area contributed by atoms with Crippen LogP contribution >= 0.6 is 0 Å². The summed E-state index contributed by atoms with van der Waals surface area (Å²) < 4.78 is 19.8. The molecule has 1 unspecified atom stereocenters. The van der Waals surface area contributed by atoms with E-state index in [0.29, 0.717) is 22.2 Å². The molecule has 0 aliphatic carbocycles. The Kier molecular flexibility index (Phi) is 3.72. The number of carbonyl (C=O) groups excluding carboxylic acids is 2. The third-order valence-corrected chi connectivity index (χ3v) is 4.61. The Morgan fingerprint density at radius 1 is 1.30 bits per heavy atom. The van der Waals surface area contributed by atoms with Gasteiger partial charge in [-0.15, -0.1) is 0 Å². The van der Waals surface area contributed by atoms with E-state index in [1.54, 1.807) is 12.3 Å². The number of imide groups is 1. The number of carbonyl (C=O) groups is 2. The lowest BCUT2D eigenvalue weighted by Crippen LogP contribution is -2.47. The molecule has 3 amide bonds. The highest BCUT2D eigenvalue weighted by Gasteiger charge is 2.48. The normalized spacial score (nSPS) is 19.2. The molecule has 27 heavy (non-hydrogen) atoms. The van der Waals surface area contributed by atoms with E-state index in [-0.39, 0.29) is 12.4 Å². The van der Waals surface area contributed by atoms with Gasteiger partial charge in [-0.1, -0.05) is 12.1 Å². The quantitative estimate of drug-likeness (QED) is 0.606. The molecule has 1 aliphatic heterocycles. The lowest BCUT2D eigenvalue weighted by molar-refractivity contribution is -0.124. The number of hydrogen-bond donors (Lipinski definition) is 3. The van der Waals surface area contributed by atoms with E-state index in [1.807, 2.05) is 0 Å². The van der Waals surface area contributed by atoms with Crippen LogP contribution in [0.5, 0.6) is 11.8 Å². The first-order valence-corrected chi connectivity index (χ1v) is 8.04. The molecule has 138 valence electrons. The van der Waals surface area contributed by atoms with Crippen LogP contribution in [0.1, 0.15) is 5.56 Å². The minimum atomic E-state index is -1.49. The van der Waals surface area contributed by atoms with Crippen LogP contribution in [0.15, 0.2) is 42.7 Å². The molecule has 0 bridgehead atoms. The molecule has 1 aromatic carbocycles. The van der Waals surface area contributed by atoms with Crippen LogP contribution in [-0.2, 0) is 16.9 Å². The Hall–Kier alpha value is -3.62. The van der Waals surface area contributed by atoms with Gasteiger partial charge < -0.3 is 19.7 Å². The summed E-state index contributed by atoms with van der Waals surface area (Å²) in [6.45, 7) is -0.0982. The number of rotatable bonds is 4. The summed E-state index contributed by atoms with van der Waals surface area (Å²) >= 11 is 0. The van der Waals surface area contributed by atoms with Gasteiger partial charge in [-0.2, -0.15) is 0 Å². The fourth-order valence-electron chi connectivity index (χ4n) is 3.25. The molecular formula is C18H15FN4O4. The monoisotopic (exact) mass is 370 g/mol. The van der Waals surface area contributed by atoms with Crippen molar-refractivity contribution in [2.45, 2.75) is 12.1 Å². The van der Waals surface area contributed by atoms with Crippen molar-refractivity contribution in [3.8, 4) is 11.8 Å². The zero-order valence-electron chi connectivity index (χ0n) is 14.2. The number of ether oxygens (including phenoxy) is 1. The maximum Gasteiger partial charge on any atom is 0.322 e. The number of aromatic hydroxyl groups is 1. The molecule has 0 spiro atoms. The third kappa shape index (κ3) is 2.64. The smallest absolute Gasteiger partial charge is 0.322 e. The van der Waals surface area contributed by atoms with E-state index in [4.69, 9.17) is 4.74 Å². The second kappa shape index (κ2) is 5.97. The van der Waals surface area contributed by atoms with Crippen LogP contribution in [0.4, 0.5) is 9.18 Å². The van der Waals surface area contributed by atoms with E-state index in [9.17, 15) is 19.1 Å². The molecule has 3 N–H and O–H groups in total. The van der Waals surface area contributed by atoms with E-state index < -0.39 is 23.3 Å². The number of fused-ring (bicyclic) bond motifs is 1. The Morgan fingerprint density at radius 2 is 2.04 bits per heavy atom. The van der Waals surface area contributed by atoms with Crippen molar-refractivity contribution in [1.29, 1.82) is 0 Å². The number of pyridine rings is 1. The minimum absolute atomic E-state index is 0.0982. The second-order valence-electron chi connectivity index (χ2n) is 6.21. The summed E-state index contributed by atoms with van der Waals surface area (Å²) in [5.74, 6) is -0.838. The topological polar surface area (TPSA) is 105 Å². The molecule has 4 rings (SSSR count). The molecular weight excluding hydrogens is 355 g/mol. The van der Waals surface area contributed by atoms with Crippen molar-refractivity contribution < 1.29 is 23.8 Å². The number of urea groups is 1. The van der Waals surface area contributed by atoms with E-state index in [2.05, 4.69) is 15.6 Å². The van der Waals surface area contributed by atoms with E-state index in [1.165, 1.54) is 42.1 Å². The summed E-state index contributed by atoms with van der Waals surface area (Å²) in [5, 5.41) is 16.5. The van der Waals surface area contributed by atoms with E-state index >= 15 is 0 Å². The predicted octanol–water partition coefficient (Wildman–Crippen LogP) is 1.62. The second-order valence-corrected chi connectivity index (χ2v) is 6.21. The van der Waals surface area contributed by atoms with Crippen molar-refractivity contribution in [2.75, 3.05) is 7.11 Å². The number of amides is 3. The van der Waals surface area contributed by atoms with Crippen LogP contribution in [0.3, 0.4) is 0 Å². The molecule has 9 heteroatoms. The first-order valence-electron chi connectivity index (χ1n) is 8.04. The Balaban J connectivity index is 1.82. The largest absolute Gasteiger partial charge is 0.494 e. The summed E-state index contributed by atoms with van der Waals surface area (Å²) in [5.41, 5.74) is -1.10. The van der Waals surface area contributed by atoms with Crippen molar-refractivity contribution in [2.24, 2.45) is 0 Å². The molecule has 2 aromatic heterocycles. The van der Waals surface area contributed by atoms with Crippen molar-refractivity contribution >= 4 is 22.7 Å². The summed E-state index contributed by atoms with van der Waals surface area (Å²) in [7, 11) is 1.46. The molecule has 1 aliphatic rings. The van der Waals surface area contributed by atoms with Crippen LogP contribution in [0, 0.1) is 5.82 Å². The van der Waals surface area contributed by atoms with Crippen molar-refractivity contribution in [1.82, 2.24) is 20.2 Å². The number of benzene rings is 1. The first-order chi connectivity index (χ1) is 12.9. The summed E-state index contributed by atoms with van der Waals surface area (Å²) in [6, 6.07) is 6.16. The number of hydrogen-bond acceptors (Lipinski definition) is 5. The molecule has 1 saturated heterocycles. The van der Waals surface area contributed by atoms with Crippen LogP contribution in [-0.4, -0.2) is 33.7 Å². The standard InChI is InChI=1S/C18H15FN4O4/c1-27-14-6-13-10(7-20-14)8-23(15(13)24)9-18(16(25)21-17(26)22-18)11-2-4-12(19)5-3-11/h2-8,24H,9H2,1H3,(H2,21,22,25,26). The Labute approximate surface area is 152 Å². The molecule has 8 nitrogen and oxygen atoms in total. The SMILES string of the molecule is COc1cc2c(O)n(CC3(c4ccc(F)cc4)NC(=O)NC3=O)cc2cn1. The fourth-order valence-corrected chi connectivity index (χ4v) is 3.25. The van der Waals surface area contributed by atoms with Gasteiger partial charge in [-0.05, 0) is 17.7 Å². The lowest BCUT2D eigenvalue weighted by Gasteiger charge is -2.27. The van der Waals surface area contributed by atoms with Gasteiger partial charge in [0, 0.05) is 23.8 Å². The molecule has 3 aromatic rings. The van der Waals surface area contributed by atoms with Gasteiger partial charge in [-0.25, -0.2) is 14.2 Å². The first kappa shape index (κ1) is 16.8. The minimum Gasteiger partial charge on any atom is -0.494 e. The lowest BCUT2D eigenvalue weighted by atomic mass is 9.89. The van der Waals surface area contributed by atoms with Gasteiger partial charge in [0.15, 0.2) is 11.4 Å². The molecule has 0 saturated carbocycles. The molecule has 1 fully saturated rings. The average molecular weight is 370 g/mol. The molecule has 0 radical (unpaired) electrons. The highest BCUT2D eigenvalue weighted by atomic mass is 19.1. The van der Waals surface area contributed by atoms with Crippen molar-refractivity contribution in [3.05, 3.63) is 54.1 Å². The van der Waals surface area contributed by atoms with Crippen LogP contribution in [0.25, 0.3) is 10.8 Å². The number of halogens is 1. The Bertz CT molecular complexity index is 1060. The zero-order chi connectivity index (χ0) is 19.2. The Morgan fingerprint density at radius 3 is 2.67 bits per heavy atom. The van der Waals surface area contributed by atoms with Gasteiger partial charge in [-0.3, -0.25) is 10.1 Å². The maximum atomic E-state index is 13.3. The molecule has 1 atom stereocenters. The van der Waals surface area contributed by atoms with Gasteiger partial charge in [0.05, 0.1) is 19.0 Å². The van der Waals surface area contributed by atoms with Gasteiger partial charge in [0.2, 0.25) is 5.88 Å². The predicted molar refractivity (Wildman–Crippen MR) is 92.7 cm³/mol. The highest BCUT2D eigenvalue weighted by Crippen LogP contribution is 2.34.